The summed E-state index contributed by atoms with van der Waals surface area (Å²) in [7, 11) is 0. The molecule has 1 aromatic rings. The molecule has 0 unspecified atom stereocenters. The molecule has 25 heavy (non-hydrogen) atoms. The van der Waals surface area contributed by atoms with Gasteiger partial charge in [-0.25, -0.2) is 4.79 Å². The third-order valence-corrected chi connectivity index (χ3v) is 6.13. The number of hydrogen-bond acceptors (Lipinski definition) is 6. The highest BCUT2D eigenvalue weighted by Gasteiger charge is 2.31. The second-order valence-electron chi connectivity index (χ2n) is 6.21. The highest BCUT2D eigenvalue weighted by molar-refractivity contribution is 8.22. The molecule has 1 amide bonds. The van der Waals surface area contributed by atoms with Crippen molar-refractivity contribution in [2.75, 3.05) is 32.2 Å². The van der Waals surface area contributed by atoms with Crippen LogP contribution in [0.1, 0.15) is 25.5 Å². The molecule has 6 nitrogen and oxygen atoms in total. The van der Waals surface area contributed by atoms with E-state index in [0.29, 0.717) is 12.6 Å². The Morgan fingerprint density at radius 2 is 2.20 bits per heavy atom. The van der Waals surface area contributed by atoms with Gasteiger partial charge in [0.2, 0.25) is 0 Å². The zero-order valence-corrected chi connectivity index (χ0v) is 16.1. The first-order valence-electron chi connectivity index (χ1n) is 8.64. The fraction of sp³-hybridized carbons (Fsp3) is 0.588. The molecule has 0 aliphatic carbocycles. The van der Waals surface area contributed by atoms with Crippen LogP contribution in [0.3, 0.4) is 0 Å². The quantitative estimate of drug-likeness (QED) is 0.745. The number of thioether (sulfide) groups is 1. The molecule has 2 aliphatic rings. The summed E-state index contributed by atoms with van der Waals surface area (Å²) in [5, 5.41) is 0. The summed E-state index contributed by atoms with van der Waals surface area (Å²) >= 11 is 7.24. The molecular formula is C17H24N4O2S2. The van der Waals surface area contributed by atoms with Crippen molar-refractivity contribution in [2.24, 2.45) is 0 Å². The normalized spacial score (nSPS) is 20.0. The van der Waals surface area contributed by atoms with Crippen LogP contribution in [0.25, 0.3) is 0 Å². The van der Waals surface area contributed by atoms with Gasteiger partial charge in [0.05, 0.1) is 31.4 Å². The molecule has 0 spiro atoms. The van der Waals surface area contributed by atoms with Crippen molar-refractivity contribution in [3.05, 3.63) is 30.1 Å². The minimum atomic E-state index is -0.188. The maximum absolute atomic E-state index is 11.8. The summed E-state index contributed by atoms with van der Waals surface area (Å²) in [6, 6.07) is 6.44. The minimum Gasteiger partial charge on any atom is -0.450 e. The average molecular weight is 381 g/mol. The lowest BCUT2D eigenvalue weighted by molar-refractivity contribution is 0.0679. The van der Waals surface area contributed by atoms with E-state index in [4.69, 9.17) is 17.0 Å². The summed E-state index contributed by atoms with van der Waals surface area (Å²) in [6.07, 6.45) is 3.58. The third-order valence-electron chi connectivity index (χ3n) is 4.55. The summed E-state index contributed by atoms with van der Waals surface area (Å²) in [4.78, 5) is 22.7. The maximum atomic E-state index is 11.8. The van der Waals surface area contributed by atoms with Crippen molar-refractivity contribution in [1.82, 2.24) is 19.7 Å². The number of pyridine rings is 1. The Kier molecular flexibility index (Phi) is 6.50. The molecule has 0 atom stereocenters. The van der Waals surface area contributed by atoms with Crippen LogP contribution in [0.2, 0.25) is 0 Å². The van der Waals surface area contributed by atoms with E-state index < -0.39 is 0 Å². The number of hydrogen-bond donors (Lipinski definition) is 0. The maximum Gasteiger partial charge on any atom is 0.409 e. The van der Waals surface area contributed by atoms with Crippen molar-refractivity contribution >= 4 is 34.4 Å². The van der Waals surface area contributed by atoms with Gasteiger partial charge in [-0.1, -0.05) is 30.0 Å². The van der Waals surface area contributed by atoms with E-state index in [-0.39, 0.29) is 6.09 Å². The van der Waals surface area contributed by atoms with Crippen molar-refractivity contribution in [2.45, 2.75) is 32.4 Å². The first kappa shape index (κ1) is 18.4. The molecule has 0 N–H and O–H groups in total. The zero-order chi connectivity index (χ0) is 17.6. The predicted octanol–water partition coefficient (Wildman–Crippen LogP) is 2.75. The average Bonchev–Trinajstić information content (AvgIpc) is 2.65. The summed E-state index contributed by atoms with van der Waals surface area (Å²) in [6.45, 7) is 5.36. The number of amides is 1. The van der Waals surface area contributed by atoms with Crippen LogP contribution in [-0.2, 0) is 11.3 Å². The van der Waals surface area contributed by atoms with Crippen molar-refractivity contribution in [1.29, 1.82) is 0 Å². The smallest absolute Gasteiger partial charge is 0.409 e. The van der Waals surface area contributed by atoms with Gasteiger partial charge in [-0.05, 0) is 31.9 Å². The fourth-order valence-electron chi connectivity index (χ4n) is 3.20. The van der Waals surface area contributed by atoms with Gasteiger partial charge in [0.15, 0.2) is 0 Å². The Hall–Kier alpha value is -1.38. The third kappa shape index (κ3) is 4.83. The van der Waals surface area contributed by atoms with E-state index in [9.17, 15) is 4.79 Å². The molecule has 136 valence electrons. The molecular weight excluding hydrogens is 356 g/mol. The number of ether oxygens (including phenoxy) is 1. The van der Waals surface area contributed by atoms with Gasteiger partial charge in [-0.2, -0.15) is 0 Å². The van der Waals surface area contributed by atoms with Gasteiger partial charge < -0.3 is 14.5 Å². The number of nitrogens with zero attached hydrogens (tertiary/aromatic N) is 4. The van der Waals surface area contributed by atoms with Crippen LogP contribution in [0.5, 0.6) is 0 Å². The van der Waals surface area contributed by atoms with Crippen molar-refractivity contribution in [3.8, 4) is 0 Å². The molecule has 2 fully saturated rings. The Bertz CT molecular complexity index is 594. The Labute approximate surface area is 158 Å². The molecule has 3 rings (SSSR count). The summed E-state index contributed by atoms with van der Waals surface area (Å²) in [5.74, 6) is 0.918. The van der Waals surface area contributed by atoms with Gasteiger partial charge in [0.25, 0.3) is 0 Å². The summed E-state index contributed by atoms with van der Waals surface area (Å²) < 4.78 is 6.03. The summed E-state index contributed by atoms with van der Waals surface area (Å²) in [5.41, 5.74) is 1.03. The number of carbonyl (C=O) groups is 1. The van der Waals surface area contributed by atoms with Crippen LogP contribution in [0, 0.1) is 0 Å². The SMILES string of the molecule is CCOC(=O)N1CCC(N2CSC(=S)N(Cc3ccccn3)C2)CC1. The molecule has 2 aliphatic heterocycles. The van der Waals surface area contributed by atoms with Gasteiger partial charge in [0, 0.05) is 25.3 Å². The molecule has 0 bridgehead atoms. The molecule has 0 radical (unpaired) electrons. The second-order valence-corrected chi connectivity index (χ2v) is 7.78. The first-order chi connectivity index (χ1) is 12.2. The van der Waals surface area contributed by atoms with E-state index in [1.165, 1.54) is 0 Å². The standard InChI is InChI=1S/C17H24N4O2S2/c1-2-23-16(22)19-9-6-15(7-10-19)21-12-20(17(24)25-13-21)11-14-5-3-4-8-18-14/h3-5,8,15H,2,6-7,9-13H2,1H3. The monoisotopic (exact) mass is 380 g/mol. The van der Waals surface area contributed by atoms with Crippen LogP contribution < -0.4 is 0 Å². The van der Waals surface area contributed by atoms with Gasteiger partial charge in [-0.15, -0.1) is 0 Å². The lowest BCUT2D eigenvalue weighted by atomic mass is 10.0. The van der Waals surface area contributed by atoms with E-state index in [1.807, 2.05) is 36.2 Å². The van der Waals surface area contributed by atoms with E-state index in [1.54, 1.807) is 11.8 Å². The Morgan fingerprint density at radius 3 is 2.88 bits per heavy atom. The van der Waals surface area contributed by atoms with Crippen LogP contribution in [0.4, 0.5) is 4.79 Å². The fourth-order valence-corrected chi connectivity index (χ4v) is 4.35. The van der Waals surface area contributed by atoms with Gasteiger partial charge >= 0.3 is 6.09 Å². The molecule has 0 saturated carbocycles. The topological polar surface area (TPSA) is 48.9 Å². The number of aromatic nitrogens is 1. The van der Waals surface area contributed by atoms with Crippen LogP contribution >= 0.6 is 24.0 Å². The van der Waals surface area contributed by atoms with E-state index >= 15 is 0 Å². The Morgan fingerprint density at radius 1 is 1.40 bits per heavy atom. The predicted molar refractivity (Wildman–Crippen MR) is 103 cm³/mol. The van der Waals surface area contributed by atoms with Crippen LogP contribution in [-0.4, -0.2) is 68.4 Å². The number of likely N-dealkylation sites (tertiary alicyclic amines) is 1. The van der Waals surface area contributed by atoms with E-state index in [0.717, 1.165) is 55.0 Å². The van der Waals surface area contributed by atoms with Crippen molar-refractivity contribution < 1.29 is 9.53 Å². The van der Waals surface area contributed by atoms with Gasteiger partial charge in [0.1, 0.15) is 4.32 Å². The van der Waals surface area contributed by atoms with Crippen molar-refractivity contribution in [3.63, 3.8) is 0 Å². The van der Waals surface area contributed by atoms with E-state index in [2.05, 4.69) is 14.8 Å². The number of thiocarbonyl (C=S) groups is 1. The highest BCUT2D eigenvalue weighted by atomic mass is 32.2. The minimum absolute atomic E-state index is 0.188. The van der Waals surface area contributed by atoms with Gasteiger partial charge in [-0.3, -0.25) is 9.88 Å². The first-order valence-corrected chi connectivity index (χ1v) is 10.0. The zero-order valence-electron chi connectivity index (χ0n) is 14.5. The largest absolute Gasteiger partial charge is 0.450 e. The molecule has 3 heterocycles. The molecule has 8 heteroatoms. The lowest BCUT2D eigenvalue weighted by Gasteiger charge is -2.43. The van der Waals surface area contributed by atoms with Crippen LogP contribution in [0.15, 0.2) is 24.4 Å². The molecule has 0 aromatic carbocycles. The molecule has 2 saturated heterocycles. The lowest BCUT2D eigenvalue weighted by Crippen LogP contribution is -2.52. The number of rotatable bonds is 4. The second kappa shape index (κ2) is 8.82. The number of carbonyl (C=O) groups excluding carboxylic acids is 1. The highest BCUT2D eigenvalue weighted by Crippen LogP contribution is 2.26. The Balaban J connectivity index is 1.53. The number of piperidine rings is 1. The molecule has 1 aromatic heterocycles.